The van der Waals surface area contributed by atoms with E-state index in [1.54, 1.807) is 12.1 Å². The number of aryl methyl sites for hydroxylation is 2. The molecule has 3 rings (SSSR count). The summed E-state index contributed by atoms with van der Waals surface area (Å²) >= 11 is 0. The number of hydrogen-bond donors (Lipinski definition) is 0. The van der Waals surface area contributed by atoms with Crippen molar-refractivity contribution in [3.8, 4) is 11.1 Å². The van der Waals surface area contributed by atoms with Crippen LogP contribution in [-0.2, 0) is 10.0 Å². The van der Waals surface area contributed by atoms with Gasteiger partial charge in [-0.2, -0.15) is 0 Å². The van der Waals surface area contributed by atoms with E-state index in [1.165, 1.54) is 9.87 Å². The summed E-state index contributed by atoms with van der Waals surface area (Å²) in [6.07, 6.45) is 0. The molecule has 0 spiro atoms. The molecule has 26 heavy (non-hydrogen) atoms. The second-order valence-corrected chi connectivity index (χ2v) is 8.26. The zero-order valence-corrected chi connectivity index (χ0v) is 16.1. The average Bonchev–Trinajstić information content (AvgIpc) is 2.63. The summed E-state index contributed by atoms with van der Waals surface area (Å²) in [5.41, 5.74) is 5.10. The molecule has 4 heteroatoms. The Balaban J connectivity index is 1.94. The highest BCUT2D eigenvalue weighted by molar-refractivity contribution is 7.92. The van der Waals surface area contributed by atoms with Crippen LogP contribution in [0.5, 0.6) is 0 Å². The van der Waals surface area contributed by atoms with Crippen LogP contribution in [0.3, 0.4) is 0 Å². The van der Waals surface area contributed by atoms with Crippen LogP contribution in [0.15, 0.2) is 77.7 Å². The van der Waals surface area contributed by atoms with Crippen molar-refractivity contribution in [1.82, 2.24) is 0 Å². The minimum Gasteiger partial charge on any atom is -0.267 e. The summed E-state index contributed by atoms with van der Waals surface area (Å²) in [4.78, 5) is 0.313. The van der Waals surface area contributed by atoms with Crippen LogP contribution in [0, 0.1) is 13.8 Å². The first-order valence-corrected chi connectivity index (χ1v) is 10.1. The topological polar surface area (TPSA) is 37.4 Å². The molecule has 3 aromatic rings. The molecule has 0 atom stereocenters. The van der Waals surface area contributed by atoms with Crippen molar-refractivity contribution >= 4 is 15.7 Å². The highest BCUT2D eigenvalue weighted by Crippen LogP contribution is 2.27. The number of anilines is 1. The lowest BCUT2D eigenvalue weighted by atomic mass is 10.0. The Morgan fingerprint density at radius 3 is 2.00 bits per heavy atom. The van der Waals surface area contributed by atoms with E-state index in [-0.39, 0.29) is 0 Å². The Kier molecular flexibility index (Phi) is 5.14. The fraction of sp³-hybridized carbons (Fsp3) is 0.182. The van der Waals surface area contributed by atoms with Crippen LogP contribution in [0.4, 0.5) is 5.69 Å². The molecule has 0 unspecified atom stereocenters. The molecule has 0 aliphatic heterocycles. The van der Waals surface area contributed by atoms with E-state index in [9.17, 15) is 8.42 Å². The standard InChI is InChI=1S/C22H23NO2S/c1-4-23(26(24,25)22-14-8-17(2)9-15-22)21-12-10-19(11-13-21)20-7-5-6-18(3)16-20/h5-16H,4H2,1-3H3. The SMILES string of the molecule is CCN(c1ccc(-c2cccc(C)c2)cc1)S(=O)(=O)c1ccc(C)cc1. The van der Waals surface area contributed by atoms with Crippen molar-refractivity contribution in [1.29, 1.82) is 0 Å². The number of benzene rings is 3. The maximum Gasteiger partial charge on any atom is 0.264 e. The molecule has 0 amide bonds. The van der Waals surface area contributed by atoms with Crippen LogP contribution >= 0.6 is 0 Å². The Hall–Kier alpha value is -2.59. The second kappa shape index (κ2) is 7.34. The van der Waals surface area contributed by atoms with Crippen LogP contribution in [0.1, 0.15) is 18.1 Å². The molecule has 0 aliphatic rings. The summed E-state index contributed by atoms with van der Waals surface area (Å²) < 4.78 is 27.4. The summed E-state index contributed by atoms with van der Waals surface area (Å²) in [6, 6.07) is 22.9. The normalized spacial score (nSPS) is 11.3. The molecule has 0 aliphatic carbocycles. The van der Waals surface area contributed by atoms with Crippen LogP contribution in [0.25, 0.3) is 11.1 Å². The predicted molar refractivity (Wildman–Crippen MR) is 108 cm³/mol. The third kappa shape index (κ3) is 3.65. The van der Waals surface area contributed by atoms with Gasteiger partial charge in [-0.1, -0.05) is 59.7 Å². The number of rotatable bonds is 5. The maximum atomic E-state index is 13.0. The van der Waals surface area contributed by atoms with Crippen molar-refractivity contribution < 1.29 is 8.42 Å². The first-order chi connectivity index (χ1) is 12.4. The molecular formula is C22H23NO2S. The summed E-state index contributed by atoms with van der Waals surface area (Å²) in [5, 5.41) is 0. The smallest absolute Gasteiger partial charge is 0.264 e. The molecule has 0 N–H and O–H groups in total. The van der Waals surface area contributed by atoms with Gasteiger partial charge < -0.3 is 0 Å². The van der Waals surface area contributed by atoms with Crippen molar-refractivity contribution in [3.63, 3.8) is 0 Å². The van der Waals surface area contributed by atoms with E-state index < -0.39 is 10.0 Å². The van der Waals surface area contributed by atoms with Crippen molar-refractivity contribution in [2.45, 2.75) is 25.7 Å². The Morgan fingerprint density at radius 2 is 1.42 bits per heavy atom. The van der Waals surface area contributed by atoms with Gasteiger partial charge in [0.05, 0.1) is 10.6 Å². The Labute approximate surface area is 156 Å². The minimum atomic E-state index is -3.57. The minimum absolute atomic E-state index is 0.313. The maximum absolute atomic E-state index is 13.0. The van der Waals surface area contributed by atoms with Gasteiger partial charge in [0.15, 0.2) is 0 Å². The third-order valence-corrected chi connectivity index (χ3v) is 6.32. The van der Waals surface area contributed by atoms with E-state index in [4.69, 9.17) is 0 Å². The van der Waals surface area contributed by atoms with E-state index in [0.717, 1.165) is 16.7 Å². The quantitative estimate of drug-likeness (QED) is 0.624. The number of hydrogen-bond acceptors (Lipinski definition) is 2. The monoisotopic (exact) mass is 365 g/mol. The number of nitrogens with zero attached hydrogens (tertiary/aromatic N) is 1. The van der Waals surface area contributed by atoms with E-state index in [1.807, 2.05) is 56.3 Å². The van der Waals surface area contributed by atoms with Crippen LogP contribution in [0.2, 0.25) is 0 Å². The molecule has 0 saturated heterocycles. The molecule has 0 bridgehead atoms. The van der Waals surface area contributed by atoms with E-state index in [2.05, 4.69) is 25.1 Å². The van der Waals surface area contributed by atoms with Crippen LogP contribution in [-0.4, -0.2) is 15.0 Å². The van der Waals surface area contributed by atoms with Crippen molar-refractivity contribution in [2.24, 2.45) is 0 Å². The lowest BCUT2D eigenvalue weighted by Gasteiger charge is -2.23. The predicted octanol–water partition coefficient (Wildman–Crippen LogP) is 5.19. The fourth-order valence-electron chi connectivity index (χ4n) is 2.97. The van der Waals surface area contributed by atoms with Crippen molar-refractivity contribution in [2.75, 3.05) is 10.8 Å². The molecule has 0 heterocycles. The zero-order valence-electron chi connectivity index (χ0n) is 15.3. The third-order valence-electron chi connectivity index (χ3n) is 4.40. The summed E-state index contributed by atoms with van der Waals surface area (Å²) in [7, 11) is -3.57. The van der Waals surface area contributed by atoms with Gasteiger partial charge >= 0.3 is 0 Å². The molecule has 0 fully saturated rings. The summed E-state index contributed by atoms with van der Waals surface area (Å²) in [5.74, 6) is 0. The fourth-order valence-corrected chi connectivity index (χ4v) is 4.45. The number of sulfonamides is 1. The van der Waals surface area contributed by atoms with Gasteiger partial charge in [-0.05, 0) is 56.2 Å². The first-order valence-electron chi connectivity index (χ1n) is 8.68. The van der Waals surface area contributed by atoms with Gasteiger partial charge in [0.25, 0.3) is 10.0 Å². The largest absolute Gasteiger partial charge is 0.267 e. The van der Waals surface area contributed by atoms with E-state index in [0.29, 0.717) is 17.1 Å². The molecule has 3 nitrogen and oxygen atoms in total. The van der Waals surface area contributed by atoms with Gasteiger partial charge in [0, 0.05) is 6.54 Å². The molecule has 0 saturated carbocycles. The van der Waals surface area contributed by atoms with Crippen LogP contribution < -0.4 is 4.31 Å². The average molecular weight is 365 g/mol. The molecular weight excluding hydrogens is 342 g/mol. The lowest BCUT2D eigenvalue weighted by molar-refractivity contribution is 0.592. The van der Waals surface area contributed by atoms with Crippen molar-refractivity contribution in [3.05, 3.63) is 83.9 Å². The van der Waals surface area contributed by atoms with Gasteiger partial charge in [0.1, 0.15) is 0 Å². The molecule has 0 radical (unpaired) electrons. The van der Waals surface area contributed by atoms with Gasteiger partial charge in [-0.25, -0.2) is 8.42 Å². The summed E-state index contributed by atoms with van der Waals surface area (Å²) in [6.45, 7) is 6.23. The van der Waals surface area contributed by atoms with E-state index >= 15 is 0 Å². The highest BCUT2D eigenvalue weighted by Gasteiger charge is 2.23. The zero-order chi connectivity index (χ0) is 18.7. The highest BCUT2D eigenvalue weighted by atomic mass is 32.2. The molecule has 134 valence electrons. The first kappa shape index (κ1) is 18.2. The Bertz CT molecular complexity index is 991. The molecule has 3 aromatic carbocycles. The lowest BCUT2D eigenvalue weighted by Crippen LogP contribution is -2.30. The molecule has 0 aromatic heterocycles. The van der Waals surface area contributed by atoms with Gasteiger partial charge in [0.2, 0.25) is 0 Å². The Morgan fingerprint density at radius 1 is 0.769 bits per heavy atom. The second-order valence-electron chi connectivity index (χ2n) is 6.40. The van der Waals surface area contributed by atoms with Gasteiger partial charge in [-0.3, -0.25) is 4.31 Å². The van der Waals surface area contributed by atoms with Gasteiger partial charge in [-0.15, -0.1) is 0 Å².